The lowest BCUT2D eigenvalue weighted by atomic mass is 10.0. The van der Waals surface area contributed by atoms with Gasteiger partial charge in [-0.05, 0) is 29.8 Å². The van der Waals surface area contributed by atoms with Crippen molar-refractivity contribution in [3.8, 4) is 0 Å². The number of H-pyrrole nitrogens is 2. The van der Waals surface area contributed by atoms with Gasteiger partial charge in [-0.25, -0.2) is 9.18 Å². The maximum absolute atomic E-state index is 14.0. The lowest BCUT2D eigenvalue weighted by Crippen LogP contribution is -2.00. The Labute approximate surface area is 137 Å². The summed E-state index contributed by atoms with van der Waals surface area (Å²) in [4.78, 5) is 16.6. The lowest BCUT2D eigenvalue weighted by molar-refractivity contribution is 0.612. The van der Waals surface area contributed by atoms with Crippen molar-refractivity contribution in [2.45, 2.75) is 5.38 Å². The van der Waals surface area contributed by atoms with Crippen LogP contribution in [0.25, 0.3) is 11.0 Å². The van der Waals surface area contributed by atoms with Gasteiger partial charge in [0.1, 0.15) is 5.82 Å². The molecule has 0 fully saturated rings. The van der Waals surface area contributed by atoms with Crippen LogP contribution in [0.15, 0.2) is 39.6 Å². The number of aromatic amines is 2. The largest absolute Gasteiger partial charge is 0.323 e. The second kappa shape index (κ2) is 5.48. The third kappa shape index (κ3) is 2.61. The molecule has 2 aromatic carbocycles. The fraction of sp³-hybridized carbons (Fsp3) is 0.0714. The van der Waals surface area contributed by atoms with E-state index in [1.54, 1.807) is 18.2 Å². The molecule has 3 nitrogen and oxygen atoms in total. The summed E-state index contributed by atoms with van der Waals surface area (Å²) in [6, 6.07) is 7.82. The first-order chi connectivity index (χ1) is 9.97. The van der Waals surface area contributed by atoms with E-state index in [2.05, 4.69) is 25.9 Å². The van der Waals surface area contributed by atoms with Crippen LogP contribution in [0.2, 0.25) is 5.02 Å². The lowest BCUT2D eigenvalue weighted by Gasteiger charge is -2.15. The molecule has 0 saturated carbocycles. The van der Waals surface area contributed by atoms with Crippen molar-refractivity contribution in [3.05, 3.63) is 67.3 Å². The molecule has 0 aliphatic carbocycles. The number of benzene rings is 2. The van der Waals surface area contributed by atoms with Gasteiger partial charge < -0.3 is 9.97 Å². The molecule has 0 aliphatic rings. The van der Waals surface area contributed by atoms with Gasteiger partial charge in [0.15, 0.2) is 0 Å². The number of rotatable bonds is 2. The van der Waals surface area contributed by atoms with Crippen LogP contribution in [0.1, 0.15) is 16.5 Å². The Morgan fingerprint density at radius 3 is 2.52 bits per heavy atom. The minimum atomic E-state index is -0.782. The van der Waals surface area contributed by atoms with Crippen molar-refractivity contribution in [1.29, 1.82) is 0 Å². The van der Waals surface area contributed by atoms with Gasteiger partial charge in [-0.1, -0.05) is 33.6 Å². The summed E-state index contributed by atoms with van der Waals surface area (Å²) in [5.74, 6) is -0.475. The summed E-state index contributed by atoms with van der Waals surface area (Å²) in [5.41, 5.74) is 1.74. The molecule has 1 heterocycles. The minimum absolute atomic E-state index is 0.207. The molecule has 0 bridgehead atoms. The molecule has 7 heteroatoms. The van der Waals surface area contributed by atoms with Crippen LogP contribution in [0, 0.1) is 5.82 Å². The average molecular weight is 390 g/mol. The van der Waals surface area contributed by atoms with Crippen LogP contribution in [0.5, 0.6) is 0 Å². The van der Waals surface area contributed by atoms with Crippen molar-refractivity contribution >= 4 is 50.2 Å². The molecule has 0 radical (unpaired) electrons. The molecule has 0 spiro atoms. The average Bonchev–Trinajstić information content (AvgIpc) is 2.76. The van der Waals surface area contributed by atoms with Gasteiger partial charge in [0.2, 0.25) is 0 Å². The highest BCUT2D eigenvalue weighted by Crippen LogP contribution is 2.39. The van der Waals surface area contributed by atoms with Crippen LogP contribution >= 0.6 is 39.1 Å². The summed E-state index contributed by atoms with van der Waals surface area (Å²) in [7, 11) is 0. The van der Waals surface area contributed by atoms with E-state index in [1.807, 2.05) is 0 Å². The Hall–Kier alpha value is -1.30. The van der Waals surface area contributed by atoms with E-state index >= 15 is 0 Å². The van der Waals surface area contributed by atoms with Crippen molar-refractivity contribution in [2.75, 3.05) is 0 Å². The fourth-order valence-electron chi connectivity index (χ4n) is 2.18. The summed E-state index contributed by atoms with van der Waals surface area (Å²) in [6.45, 7) is 0. The van der Waals surface area contributed by atoms with Gasteiger partial charge in [-0.2, -0.15) is 0 Å². The number of hydrogen-bond donors (Lipinski definition) is 2. The number of fused-ring (bicyclic) bond motifs is 1. The van der Waals surface area contributed by atoms with E-state index in [4.69, 9.17) is 23.2 Å². The van der Waals surface area contributed by atoms with Gasteiger partial charge in [0, 0.05) is 15.1 Å². The molecule has 0 aliphatic heterocycles. The maximum Gasteiger partial charge on any atom is 0.323 e. The predicted molar refractivity (Wildman–Crippen MR) is 85.7 cm³/mol. The number of imidazole rings is 1. The maximum atomic E-state index is 14.0. The Morgan fingerprint density at radius 1 is 1.19 bits per heavy atom. The third-order valence-corrected chi connectivity index (χ3v) is 4.63. The molecular formula is C14H8BrCl2FN2O. The molecule has 21 heavy (non-hydrogen) atoms. The zero-order valence-electron chi connectivity index (χ0n) is 10.4. The van der Waals surface area contributed by atoms with Crippen molar-refractivity contribution < 1.29 is 4.39 Å². The highest BCUT2D eigenvalue weighted by atomic mass is 79.9. The number of halogens is 4. The summed E-state index contributed by atoms with van der Waals surface area (Å²) < 4.78 is 14.6. The first kappa shape index (κ1) is 14.6. The second-order valence-electron chi connectivity index (χ2n) is 4.50. The molecule has 1 atom stereocenters. The van der Waals surface area contributed by atoms with Gasteiger partial charge >= 0.3 is 5.69 Å². The first-order valence-electron chi connectivity index (χ1n) is 5.97. The second-order valence-corrected chi connectivity index (χ2v) is 6.19. The van der Waals surface area contributed by atoms with E-state index < -0.39 is 11.2 Å². The van der Waals surface area contributed by atoms with Crippen molar-refractivity contribution in [2.24, 2.45) is 0 Å². The molecule has 0 amide bonds. The normalized spacial score (nSPS) is 12.8. The van der Waals surface area contributed by atoms with Crippen molar-refractivity contribution in [3.63, 3.8) is 0 Å². The van der Waals surface area contributed by atoms with Gasteiger partial charge in [0.05, 0.1) is 16.4 Å². The number of alkyl halides is 1. The molecule has 3 aromatic rings. The third-order valence-electron chi connectivity index (χ3n) is 3.16. The molecule has 1 unspecified atom stereocenters. The van der Waals surface area contributed by atoms with Crippen LogP contribution in [-0.2, 0) is 0 Å². The number of hydrogen-bond acceptors (Lipinski definition) is 1. The van der Waals surface area contributed by atoms with E-state index in [0.29, 0.717) is 21.1 Å². The summed E-state index contributed by atoms with van der Waals surface area (Å²) in [6.07, 6.45) is 0. The van der Waals surface area contributed by atoms with Crippen LogP contribution in [-0.4, -0.2) is 9.97 Å². The Bertz CT molecular complexity index is 870. The highest BCUT2D eigenvalue weighted by molar-refractivity contribution is 9.10. The van der Waals surface area contributed by atoms with E-state index in [-0.39, 0.29) is 16.3 Å². The molecule has 1 aromatic heterocycles. The standard InChI is InChI=1S/C14H8BrCl2FN2O/c15-7-5-11-10(19-14(21)20-11)4-6(7)13(17)12-8(16)2-1-3-9(12)18/h1-5,13H,(H2,19,20,21). The zero-order chi connectivity index (χ0) is 15.1. The van der Waals surface area contributed by atoms with Crippen molar-refractivity contribution in [1.82, 2.24) is 9.97 Å². The molecule has 3 rings (SSSR count). The molecular weight excluding hydrogens is 382 g/mol. The SMILES string of the molecule is O=c1[nH]c2cc(Br)c(C(Cl)c3c(F)cccc3Cl)cc2[nH]1. The van der Waals surface area contributed by atoms with E-state index in [1.165, 1.54) is 12.1 Å². The monoisotopic (exact) mass is 388 g/mol. The summed E-state index contributed by atoms with van der Waals surface area (Å²) >= 11 is 15.8. The van der Waals surface area contributed by atoms with E-state index in [9.17, 15) is 9.18 Å². The molecule has 0 saturated heterocycles. The summed E-state index contributed by atoms with van der Waals surface area (Å²) in [5, 5.41) is -0.527. The van der Waals surface area contributed by atoms with Gasteiger partial charge in [0.25, 0.3) is 0 Å². The fourth-order valence-corrected chi connectivity index (χ4v) is 3.61. The van der Waals surface area contributed by atoms with Crippen LogP contribution in [0.4, 0.5) is 4.39 Å². The number of nitrogens with one attached hydrogen (secondary N) is 2. The Balaban J connectivity index is 2.19. The smallest absolute Gasteiger partial charge is 0.306 e. The van der Waals surface area contributed by atoms with Crippen LogP contribution < -0.4 is 5.69 Å². The topological polar surface area (TPSA) is 48.6 Å². The van der Waals surface area contributed by atoms with Crippen LogP contribution in [0.3, 0.4) is 0 Å². The quantitative estimate of drug-likeness (QED) is 0.611. The Morgan fingerprint density at radius 2 is 1.86 bits per heavy atom. The van der Waals surface area contributed by atoms with Gasteiger partial charge in [-0.3, -0.25) is 0 Å². The zero-order valence-corrected chi connectivity index (χ0v) is 13.5. The molecule has 2 N–H and O–H groups in total. The first-order valence-corrected chi connectivity index (χ1v) is 7.57. The highest BCUT2D eigenvalue weighted by Gasteiger charge is 2.21. The Kier molecular flexibility index (Phi) is 3.82. The number of aromatic nitrogens is 2. The molecule has 108 valence electrons. The van der Waals surface area contributed by atoms with Gasteiger partial charge in [-0.15, -0.1) is 11.6 Å². The van der Waals surface area contributed by atoms with E-state index in [0.717, 1.165) is 0 Å². The predicted octanol–water partition coefficient (Wildman–Crippen LogP) is 4.74. The minimum Gasteiger partial charge on any atom is -0.306 e.